The summed E-state index contributed by atoms with van der Waals surface area (Å²) in [5.74, 6) is -0.632. The highest BCUT2D eigenvalue weighted by Gasteiger charge is 2.24. The van der Waals surface area contributed by atoms with Gasteiger partial charge in [-0.15, -0.1) is 0 Å². The zero-order valence-electron chi connectivity index (χ0n) is 18.3. The highest BCUT2D eigenvalue weighted by atomic mass is 19.1. The number of hydrogen-bond donors (Lipinski definition) is 1. The highest BCUT2D eigenvalue weighted by molar-refractivity contribution is 5.94. The Morgan fingerprint density at radius 3 is 2.39 bits per heavy atom. The second-order valence-electron chi connectivity index (χ2n) is 8.02. The van der Waals surface area contributed by atoms with Crippen LogP contribution in [0.2, 0.25) is 0 Å². The number of nitrogens with zero attached hydrogens (tertiary/aromatic N) is 3. The van der Waals surface area contributed by atoms with Crippen molar-refractivity contribution in [3.05, 3.63) is 99.9 Å². The molecule has 7 nitrogen and oxygen atoms in total. The molecule has 3 aromatic carbocycles. The predicted octanol–water partition coefficient (Wildman–Crippen LogP) is 4.87. The molecule has 0 saturated carbocycles. The molecule has 33 heavy (non-hydrogen) atoms. The fraction of sp³-hybridized carbons (Fsp3) is 0.240. The second kappa shape index (κ2) is 9.68. The third-order valence-electron chi connectivity index (χ3n) is 5.85. The van der Waals surface area contributed by atoms with Crippen LogP contribution in [0.1, 0.15) is 28.9 Å². The van der Waals surface area contributed by atoms with Crippen molar-refractivity contribution in [1.29, 1.82) is 0 Å². The molecule has 8 heteroatoms. The lowest BCUT2D eigenvalue weighted by molar-refractivity contribution is -0.384. The Morgan fingerprint density at radius 2 is 1.73 bits per heavy atom. The number of nitro benzene ring substituents is 1. The molecule has 0 aromatic heterocycles. The number of amides is 1. The fourth-order valence-corrected chi connectivity index (χ4v) is 4.03. The van der Waals surface area contributed by atoms with Gasteiger partial charge in [-0.3, -0.25) is 14.9 Å². The van der Waals surface area contributed by atoms with Gasteiger partial charge < -0.3 is 15.1 Å². The average molecular weight is 448 g/mol. The summed E-state index contributed by atoms with van der Waals surface area (Å²) in [5, 5.41) is 14.9. The molecule has 1 amide bonds. The van der Waals surface area contributed by atoms with Gasteiger partial charge in [0.05, 0.1) is 4.92 Å². The van der Waals surface area contributed by atoms with Crippen LogP contribution in [0.4, 0.5) is 21.5 Å². The van der Waals surface area contributed by atoms with Gasteiger partial charge in [-0.1, -0.05) is 36.4 Å². The summed E-state index contributed by atoms with van der Waals surface area (Å²) in [5.41, 5.74) is 2.68. The number of rotatable bonds is 6. The molecule has 3 aromatic rings. The van der Waals surface area contributed by atoms with Crippen LogP contribution in [0.5, 0.6) is 0 Å². The van der Waals surface area contributed by atoms with Crippen molar-refractivity contribution in [2.75, 3.05) is 36.4 Å². The lowest BCUT2D eigenvalue weighted by Crippen LogP contribution is -2.48. The van der Waals surface area contributed by atoms with E-state index in [-0.39, 0.29) is 22.6 Å². The molecular weight excluding hydrogens is 423 g/mol. The van der Waals surface area contributed by atoms with Crippen LogP contribution in [0.3, 0.4) is 0 Å². The largest absolute Gasteiger partial charge is 0.373 e. The molecule has 1 aliphatic heterocycles. The van der Waals surface area contributed by atoms with E-state index in [4.69, 9.17) is 0 Å². The van der Waals surface area contributed by atoms with Gasteiger partial charge in [0.25, 0.3) is 11.6 Å². The van der Waals surface area contributed by atoms with E-state index in [1.54, 1.807) is 23.1 Å². The first-order chi connectivity index (χ1) is 15.9. The van der Waals surface area contributed by atoms with Gasteiger partial charge >= 0.3 is 0 Å². The van der Waals surface area contributed by atoms with Crippen LogP contribution in [0, 0.1) is 15.9 Å². The van der Waals surface area contributed by atoms with E-state index in [1.165, 1.54) is 24.3 Å². The van der Waals surface area contributed by atoms with Crippen molar-refractivity contribution in [3.8, 4) is 0 Å². The Bertz CT molecular complexity index is 1150. The van der Waals surface area contributed by atoms with Crippen molar-refractivity contribution >= 4 is 23.0 Å². The summed E-state index contributed by atoms with van der Waals surface area (Å²) in [7, 11) is 0. The molecule has 1 fully saturated rings. The molecule has 0 spiro atoms. The summed E-state index contributed by atoms with van der Waals surface area (Å²) in [6.45, 7) is 4.08. The van der Waals surface area contributed by atoms with Crippen molar-refractivity contribution < 1.29 is 14.1 Å². The number of hydrogen-bond acceptors (Lipinski definition) is 5. The maximum atomic E-state index is 13.5. The molecule has 1 unspecified atom stereocenters. The minimum atomic E-state index is -0.435. The third kappa shape index (κ3) is 5.11. The van der Waals surface area contributed by atoms with Gasteiger partial charge in [0.2, 0.25) is 0 Å². The SMILES string of the molecule is CC(Nc1cc(N2CCN(C(=O)c3cccc(F)c3)CC2)ccc1[N+](=O)[O-])c1ccccc1. The van der Waals surface area contributed by atoms with Gasteiger partial charge in [0, 0.05) is 49.5 Å². The van der Waals surface area contributed by atoms with E-state index in [0.29, 0.717) is 37.4 Å². The van der Waals surface area contributed by atoms with Gasteiger partial charge in [0.15, 0.2) is 0 Å². The molecule has 1 saturated heterocycles. The lowest BCUT2D eigenvalue weighted by atomic mass is 10.1. The summed E-state index contributed by atoms with van der Waals surface area (Å²) in [4.78, 5) is 27.7. The topological polar surface area (TPSA) is 78.7 Å². The molecule has 170 valence electrons. The van der Waals surface area contributed by atoms with Crippen LogP contribution in [-0.2, 0) is 0 Å². The minimum Gasteiger partial charge on any atom is -0.373 e. The monoisotopic (exact) mass is 448 g/mol. The lowest BCUT2D eigenvalue weighted by Gasteiger charge is -2.36. The standard InChI is InChI=1S/C25H25FN4O3/c1-18(19-6-3-2-4-7-19)27-23-17-22(10-11-24(23)30(32)33)28-12-14-29(15-13-28)25(31)20-8-5-9-21(26)16-20/h2-11,16-18,27H,12-15H2,1H3. The molecule has 1 N–H and O–H groups in total. The molecule has 0 aliphatic carbocycles. The number of anilines is 2. The van der Waals surface area contributed by atoms with Crippen molar-refractivity contribution in [3.63, 3.8) is 0 Å². The van der Waals surface area contributed by atoms with Gasteiger partial charge in [-0.2, -0.15) is 0 Å². The van der Waals surface area contributed by atoms with E-state index in [0.717, 1.165) is 11.3 Å². The van der Waals surface area contributed by atoms with Crippen LogP contribution < -0.4 is 10.2 Å². The van der Waals surface area contributed by atoms with E-state index < -0.39 is 5.82 Å². The first-order valence-corrected chi connectivity index (χ1v) is 10.8. The van der Waals surface area contributed by atoms with Gasteiger partial charge in [-0.05, 0) is 42.8 Å². The fourth-order valence-electron chi connectivity index (χ4n) is 4.03. The predicted molar refractivity (Wildman–Crippen MR) is 126 cm³/mol. The number of halogens is 1. The van der Waals surface area contributed by atoms with Crippen LogP contribution in [0.15, 0.2) is 72.8 Å². The smallest absolute Gasteiger partial charge is 0.292 e. The summed E-state index contributed by atoms with van der Waals surface area (Å²) in [6.07, 6.45) is 0. The summed E-state index contributed by atoms with van der Waals surface area (Å²) in [6, 6.07) is 20.4. The number of carbonyl (C=O) groups is 1. The number of piperazine rings is 1. The second-order valence-corrected chi connectivity index (χ2v) is 8.02. The van der Waals surface area contributed by atoms with Crippen molar-refractivity contribution in [2.45, 2.75) is 13.0 Å². The normalized spacial score (nSPS) is 14.6. The maximum Gasteiger partial charge on any atom is 0.292 e. The number of nitrogens with one attached hydrogen (secondary N) is 1. The van der Waals surface area contributed by atoms with E-state index in [2.05, 4.69) is 10.2 Å². The van der Waals surface area contributed by atoms with Crippen LogP contribution in [0.25, 0.3) is 0 Å². The Morgan fingerprint density at radius 1 is 1.00 bits per heavy atom. The number of nitro groups is 1. The maximum absolute atomic E-state index is 13.5. The molecule has 1 aliphatic rings. The van der Waals surface area contributed by atoms with E-state index in [1.807, 2.05) is 37.3 Å². The van der Waals surface area contributed by atoms with Gasteiger partial charge in [0.1, 0.15) is 11.5 Å². The molecule has 4 rings (SSSR count). The highest BCUT2D eigenvalue weighted by Crippen LogP contribution is 2.33. The van der Waals surface area contributed by atoms with Crippen LogP contribution >= 0.6 is 0 Å². The summed E-state index contributed by atoms with van der Waals surface area (Å²) < 4.78 is 13.5. The van der Waals surface area contributed by atoms with Gasteiger partial charge in [-0.25, -0.2) is 4.39 Å². The van der Waals surface area contributed by atoms with Crippen molar-refractivity contribution in [1.82, 2.24) is 4.90 Å². The minimum absolute atomic E-state index is 0.0152. The zero-order chi connectivity index (χ0) is 23.4. The molecule has 0 radical (unpaired) electrons. The average Bonchev–Trinajstić information content (AvgIpc) is 2.84. The molecular formula is C25H25FN4O3. The summed E-state index contributed by atoms with van der Waals surface area (Å²) >= 11 is 0. The van der Waals surface area contributed by atoms with Crippen LogP contribution in [-0.4, -0.2) is 41.9 Å². The Hall–Kier alpha value is -3.94. The molecule has 1 atom stereocenters. The Kier molecular flexibility index (Phi) is 6.53. The van der Waals surface area contributed by atoms with E-state index >= 15 is 0 Å². The van der Waals surface area contributed by atoms with E-state index in [9.17, 15) is 19.3 Å². The number of benzene rings is 3. The third-order valence-corrected chi connectivity index (χ3v) is 5.85. The Balaban J connectivity index is 1.47. The van der Waals surface area contributed by atoms with Crippen molar-refractivity contribution in [2.24, 2.45) is 0 Å². The number of carbonyl (C=O) groups excluding carboxylic acids is 1. The Labute approximate surface area is 191 Å². The zero-order valence-corrected chi connectivity index (χ0v) is 18.3. The first kappa shape index (κ1) is 22.3. The quantitative estimate of drug-likeness (QED) is 0.430. The molecule has 0 bridgehead atoms. The molecule has 1 heterocycles. The first-order valence-electron chi connectivity index (χ1n) is 10.8.